The molecular weight excluding hydrogens is 254 g/mol. The fourth-order valence-electron chi connectivity index (χ4n) is 2.39. The standard InChI is InChI=1S/C13H18ClNO3/c14-10-8-12(13(16)17)15(9-10)6-7-18-11-4-2-1-3-5-11/h8-9,11H,1-7H2,(H,16,17). The molecule has 1 aliphatic rings. The number of hydrogen-bond donors (Lipinski definition) is 1. The third kappa shape index (κ3) is 3.50. The Balaban J connectivity index is 1.84. The average molecular weight is 272 g/mol. The first kappa shape index (κ1) is 13.4. The third-order valence-corrected chi connectivity index (χ3v) is 3.53. The summed E-state index contributed by atoms with van der Waals surface area (Å²) in [5, 5.41) is 9.46. The second-order valence-corrected chi connectivity index (χ2v) is 5.11. The van der Waals surface area contributed by atoms with E-state index >= 15 is 0 Å². The van der Waals surface area contributed by atoms with E-state index in [2.05, 4.69) is 0 Å². The lowest BCUT2D eigenvalue weighted by Gasteiger charge is -2.22. The lowest BCUT2D eigenvalue weighted by molar-refractivity contribution is 0.0236. The van der Waals surface area contributed by atoms with Crippen molar-refractivity contribution < 1.29 is 14.6 Å². The van der Waals surface area contributed by atoms with E-state index < -0.39 is 5.97 Å². The Bertz CT molecular complexity index is 410. The van der Waals surface area contributed by atoms with E-state index in [4.69, 9.17) is 21.4 Å². The highest BCUT2D eigenvalue weighted by molar-refractivity contribution is 6.30. The molecule has 1 aromatic rings. The van der Waals surface area contributed by atoms with Crippen LogP contribution in [0.25, 0.3) is 0 Å². The minimum atomic E-state index is -0.959. The van der Waals surface area contributed by atoms with Crippen LogP contribution in [-0.2, 0) is 11.3 Å². The lowest BCUT2D eigenvalue weighted by atomic mass is 9.98. The normalized spacial score (nSPS) is 16.9. The summed E-state index contributed by atoms with van der Waals surface area (Å²) in [5.74, 6) is -0.959. The van der Waals surface area contributed by atoms with Crippen molar-refractivity contribution in [2.24, 2.45) is 0 Å². The van der Waals surface area contributed by atoms with E-state index in [-0.39, 0.29) is 5.69 Å². The molecule has 0 atom stereocenters. The first-order valence-corrected chi connectivity index (χ1v) is 6.75. The molecule has 1 aliphatic carbocycles. The summed E-state index contributed by atoms with van der Waals surface area (Å²) in [5.41, 5.74) is 0.215. The van der Waals surface area contributed by atoms with Gasteiger partial charge in [-0.1, -0.05) is 30.9 Å². The van der Waals surface area contributed by atoms with Gasteiger partial charge in [-0.2, -0.15) is 0 Å². The Labute approximate surface area is 112 Å². The first-order chi connectivity index (χ1) is 8.66. The second-order valence-electron chi connectivity index (χ2n) is 4.67. The van der Waals surface area contributed by atoms with E-state index in [1.807, 2.05) is 0 Å². The van der Waals surface area contributed by atoms with Gasteiger partial charge < -0.3 is 14.4 Å². The van der Waals surface area contributed by atoms with Gasteiger partial charge in [-0.3, -0.25) is 0 Å². The Morgan fingerprint density at radius 1 is 1.44 bits per heavy atom. The molecule has 0 radical (unpaired) electrons. The molecular formula is C13H18ClNO3. The number of aromatic nitrogens is 1. The van der Waals surface area contributed by atoms with E-state index in [1.54, 1.807) is 10.8 Å². The van der Waals surface area contributed by atoms with Crippen molar-refractivity contribution in [1.82, 2.24) is 4.57 Å². The molecule has 1 saturated carbocycles. The molecule has 0 spiro atoms. The summed E-state index contributed by atoms with van der Waals surface area (Å²) < 4.78 is 7.41. The smallest absolute Gasteiger partial charge is 0.352 e. The predicted octanol–water partition coefficient (Wildman–Crippen LogP) is 3.19. The Morgan fingerprint density at radius 3 is 2.83 bits per heavy atom. The minimum Gasteiger partial charge on any atom is -0.477 e. The van der Waals surface area contributed by atoms with Crippen LogP contribution >= 0.6 is 11.6 Å². The maximum absolute atomic E-state index is 11.0. The summed E-state index contributed by atoms with van der Waals surface area (Å²) in [6.07, 6.45) is 8.00. The molecule has 0 aliphatic heterocycles. The van der Waals surface area contributed by atoms with Crippen LogP contribution in [0.1, 0.15) is 42.6 Å². The summed E-state index contributed by atoms with van der Waals surface area (Å²) in [6.45, 7) is 1.07. The van der Waals surface area contributed by atoms with E-state index in [0.29, 0.717) is 24.3 Å². The zero-order chi connectivity index (χ0) is 13.0. The quantitative estimate of drug-likeness (QED) is 0.895. The number of nitrogens with zero attached hydrogens (tertiary/aromatic N) is 1. The molecule has 0 aromatic carbocycles. The highest BCUT2D eigenvalue weighted by Gasteiger charge is 2.15. The molecule has 18 heavy (non-hydrogen) atoms. The van der Waals surface area contributed by atoms with Crippen molar-refractivity contribution in [3.05, 3.63) is 23.0 Å². The van der Waals surface area contributed by atoms with Gasteiger partial charge in [0.25, 0.3) is 0 Å². The fraction of sp³-hybridized carbons (Fsp3) is 0.615. The molecule has 100 valence electrons. The number of carboxylic acid groups (broad SMARTS) is 1. The number of ether oxygens (including phenoxy) is 1. The molecule has 0 saturated heterocycles. The van der Waals surface area contributed by atoms with Gasteiger partial charge in [-0.05, 0) is 18.9 Å². The van der Waals surface area contributed by atoms with Gasteiger partial charge in [0.1, 0.15) is 5.69 Å². The Hall–Kier alpha value is -1.00. The minimum absolute atomic E-state index is 0.215. The van der Waals surface area contributed by atoms with Crippen LogP contribution in [-0.4, -0.2) is 28.4 Å². The van der Waals surface area contributed by atoms with Crippen LogP contribution in [0.3, 0.4) is 0 Å². The molecule has 5 heteroatoms. The van der Waals surface area contributed by atoms with Crippen molar-refractivity contribution in [1.29, 1.82) is 0 Å². The zero-order valence-electron chi connectivity index (χ0n) is 10.3. The summed E-state index contributed by atoms with van der Waals surface area (Å²) in [6, 6.07) is 1.46. The predicted molar refractivity (Wildman–Crippen MR) is 69.2 cm³/mol. The van der Waals surface area contributed by atoms with E-state index in [9.17, 15) is 4.79 Å². The lowest BCUT2D eigenvalue weighted by Crippen LogP contribution is -2.20. The molecule has 0 bridgehead atoms. The van der Waals surface area contributed by atoms with E-state index in [1.165, 1.54) is 25.3 Å². The maximum atomic E-state index is 11.0. The molecule has 0 unspecified atom stereocenters. The maximum Gasteiger partial charge on any atom is 0.352 e. The summed E-state index contributed by atoms with van der Waals surface area (Å²) >= 11 is 5.81. The monoisotopic (exact) mass is 271 g/mol. The van der Waals surface area contributed by atoms with Crippen molar-refractivity contribution in [2.45, 2.75) is 44.8 Å². The molecule has 1 heterocycles. The van der Waals surface area contributed by atoms with Gasteiger partial charge >= 0.3 is 5.97 Å². The average Bonchev–Trinajstić information content (AvgIpc) is 2.72. The highest BCUT2D eigenvalue weighted by atomic mass is 35.5. The fourth-order valence-corrected chi connectivity index (χ4v) is 2.61. The van der Waals surface area contributed by atoms with Gasteiger partial charge in [0, 0.05) is 12.7 Å². The molecule has 2 rings (SSSR count). The van der Waals surface area contributed by atoms with Crippen LogP contribution in [0.4, 0.5) is 0 Å². The number of carbonyl (C=O) groups is 1. The van der Waals surface area contributed by atoms with Gasteiger partial charge in [-0.15, -0.1) is 0 Å². The van der Waals surface area contributed by atoms with Crippen molar-refractivity contribution in [3.8, 4) is 0 Å². The van der Waals surface area contributed by atoms with Crippen molar-refractivity contribution in [2.75, 3.05) is 6.61 Å². The molecule has 4 nitrogen and oxygen atoms in total. The van der Waals surface area contributed by atoms with Crippen LogP contribution in [0.2, 0.25) is 5.02 Å². The number of halogens is 1. The summed E-state index contributed by atoms with van der Waals surface area (Å²) in [7, 11) is 0. The largest absolute Gasteiger partial charge is 0.477 e. The van der Waals surface area contributed by atoms with Crippen molar-refractivity contribution in [3.63, 3.8) is 0 Å². The van der Waals surface area contributed by atoms with Gasteiger partial charge in [0.15, 0.2) is 0 Å². The topological polar surface area (TPSA) is 51.5 Å². The zero-order valence-corrected chi connectivity index (χ0v) is 11.0. The summed E-state index contributed by atoms with van der Waals surface area (Å²) in [4.78, 5) is 11.0. The number of rotatable bonds is 5. The number of hydrogen-bond acceptors (Lipinski definition) is 2. The van der Waals surface area contributed by atoms with Crippen molar-refractivity contribution >= 4 is 17.6 Å². The molecule has 0 amide bonds. The Morgan fingerprint density at radius 2 is 2.17 bits per heavy atom. The molecule has 1 N–H and O–H groups in total. The highest BCUT2D eigenvalue weighted by Crippen LogP contribution is 2.20. The third-order valence-electron chi connectivity index (χ3n) is 3.32. The van der Waals surface area contributed by atoms with Crippen LogP contribution < -0.4 is 0 Å². The number of aromatic carboxylic acids is 1. The van der Waals surface area contributed by atoms with Gasteiger partial charge in [-0.25, -0.2) is 4.79 Å². The van der Waals surface area contributed by atoms with Crippen LogP contribution in [0.15, 0.2) is 12.3 Å². The van der Waals surface area contributed by atoms with Crippen LogP contribution in [0, 0.1) is 0 Å². The van der Waals surface area contributed by atoms with Gasteiger partial charge in [0.05, 0.1) is 17.7 Å². The molecule has 1 fully saturated rings. The Kier molecular flexibility index (Phi) is 4.66. The van der Waals surface area contributed by atoms with E-state index in [0.717, 1.165) is 12.8 Å². The first-order valence-electron chi connectivity index (χ1n) is 6.37. The van der Waals surface area contributed by atoms with Crippen LogP contribution in [0.5, 0.6) is 0 Å². The molecule has 1 aromatic heterocycles. The SMILES string of the molecule is O=C(O)c1cc(Cl)cn1CCOC1CCCCC1. The van der Waals surface area contributed by atoms with Gasteiger partial charge in [0.2, 0.25) is 0 Å². The second kappa shape index (κ2) is 6.25. The number of carboxylic acids is 1.